The molecule has 0 saturated carbocycles. The van der Waals surface area contributed by atoms with Crippen LogP contribution in [-0.2, 0) is 9.59 Å². The van der Waals surface area contributed by atoms with Crippen molar-refractivity contribution in [1.82, 2.24) is 14.7 Å². The zero-order valence-electron chi connectivity index (χ0n) is 10.3. The number of aliphatic hydroxyl groups is 1. The average molecular weight is 255 g/mol. The van der Waals surface area contributed by atoms with Gasteiger partial charge in [0.2, 0.25) is 11.8 Å². The molecular formula is C11H17N3O4. The fourth-order valence-electron chi connectivity index (χ4n) is 2.09. The van der Waals surface area contributed by atoms with Crippen LogP contribution >= 0.6 is 0 Å². The summed E-state index contributed by atoms with van der Waals surface area (Å²) in [5.74, 6) is -0.248. The van der Waals surface area contributed by atoms with Crippen LogP contribution in [0.2, 0.25) is 0 Å². The van der Waals surface area contributed by atoms with E-state index < -0.39 is 6.10 Å². The van der Waals surface area contributed by atoms with Gasteiger partial charge in [-0.1, -0.05) is 0 Å². The first kappa shape index (κ1) is 12.8. The van der Waals surface area contributed by atoms with E-state index >= 15 is 0 Å². The van der Waals surface area contributed by atoms with Crippen molar-refractivity contribution in [3.63, 3.8) is 0 Å². The Morgan fingerprint density at radius 3 is 2.56 bits per heavy atom. The smallest absolute Gasteiger partial charge is 0.326 e. The molecule has 0 radical (unpaired) electrons. The molecule has 0 aromatic heterocycles. The van der Waals surface area contributed by atoms with Crippen molar-refractivity contribution in [2.24, 2.45) is 0 Å². The number of hydrogen-bond acceptors (Lipinski definition) is 4. The zero-order chi connectivity index (χ0) is 13.3. The minimum Gasteiger partial charge on any atom is -0.389 e. The first-order valence-electron chi connectivity index (χ1n) is 6.00. The summed E-state index contributed by atoms with van der Waals surface area (Å²) in [4.78, 5) is 38.7. The van der Waals surface area contributed by atoms with Gasteiger partial charge in [-0.2, -0.15) is 0 Å². The summed E-state index contributed by atoms with van der Waals surface area (Å²) in [7, 11) is 1.58. The normalized spacial score (nSPS) is 20.7. The summed E-state index contributed by atoms with van der Waals surface area (Å²) in [6.07, 6.45) is 0.369. The second kappa shape index (κ2) is 4.93. The topological polar surface area (TPSA) is 81.2 Å². The fourth-order valence-corrected chi connectivity index (χ4v) is 2.09. The molecule has 0 unspecified atom stereocenters. The Bertz CT molecular complexity index is 378. The Hall–Kier alpha value is -1.63. The number of nitrogens with zero attached hydrogens (tertiary/aromatic N) is 3. The summed E-state index contributed by atoms with van der Waals surface area (Å²) in [5.41, 5.74) is 0. The van der Waals surface area contributed by atoms with Crippen LogP contribution in [0.5, 0.6) is 0 Å². The first-order chi connectivity index (χ1) is 8.49. The van der Waals surface area contributed by atoms with E-state index in [-0.39, 0.29) is 30.9 Å². The molecule has 0 aliphatic carbocycles. The fraction of sp³-hybridized carbons (Fsp3) is 0.727. The van der Waals surface area contributed by atoms with Gasteiger partial charge in [-0.05, 0) is 6.42 Å². The number of aliphatic hydroxyl groups excluding tert-OH is 1. The van der Waals surface area contributed by atoms with Crippen LogP contribution in [-0.4, -0.2) is 77.0 Å². The molecule has 4 amide bonds. The van der Waals surface area contributed by atoms with E-state index in [1.807, 2.05) is 0 Å². The van der Waals surface area contributed by atoms with Gasteiger partial charge in [-0.25, -0.2) is 4.79 Å². The minimum atomic E-state index is -0.399. The number of β-amino-alcohol motifs (C(OH)–C–C–N with tert-alkyl or cyclic N) is 1. The molecule has 0 aromatic rings. The van der Waals surface area contributed by atoms with E-state index in [9.17, 15) is 14.4 Å². The van der Waals surface area contributed by atoms with Crippen LogP contribution in [0.15, 0.2) is 0 Å². The van der Waals surface area contributed by atoms with Gasteiger partial charge >= 0.3 is 6.03 Å². The highest BCUT2D eigenvalue weighted by atomic mass is 16.3. The van der Waals surface area contributed by atoms with E-state index in [0.717, 1.165) is 0 Å². The second-order valence-electron chi connectivity index (χ2n) is 4.74. The molecule has 2 rings (SSSR count). The Labute approximate surface area is 105 Å². The number of amides is 4. The van der Waals surface area contributed by atoms with E-state index in [1.165, 1.54) is 9.80 Å². The number of likely N-dealkylation sites (N-methyl/N-ethyl adjacent to an activating group) is 1. The Morgan fingerprint density at radius 1 is 1.39 bits per heavy atom. The van der Waals surface area contributed by atoms with Gasteiger partial charge in [0, 0.05) is 33.1 Å². The number of hydrogen-bond donors (Lipinski definition) is 1. The molecule has 1 N–H and O–H groups in total. The molecule has 7 heteroatoms. The highest BCUT2D eigenvalue weighted by Gasteiger charge is 2.33. The lowest BCUT2D eigenvalue weighted by atomic mass is 10.1. The lowest BCUT2D eigenvalue weighted by Gasteiger charge is -2.36. The van der Waals surface area contributed by atoms with Gasteiger partial charge in [-0.15, -0.1) is 0 Å². The quantitative estimate of drug-likeness (QED) is 0.644. The molecule has 0 atom stereocenters. The van der Waals surface area contributed by atoms with Gasteiger partial charge in [0.1, 0.15) is 6.54 Å². The average Bonchev–Trinajstić information content (AvgIpc) is 2.51. The molecule has 2 saturated heterocycles. The molecule has 0 spiro atoms. The highest BCUT2D eigenvalue weighted by Crippen LogP contribution is 2.12. The predicted octanol–water partition coefficient (Wildman–Crippen LogP) is -1.14. The van der Waals surface area contributed by atoms with Crippen molar-refractivity contribution < 1.29 is 19.5 Å². The summed E-state index contributed by atoms with van der Waals surface area (Å²) in [5, 5.41) is 9.07. The summed E-state index contributed by atoms with van der Waals surface area (Å²) in [6.45, 7) is 1.18. The molecule has 0 bridgehead atoms. The lowest BCUT2D eigenvalue weighted by Crippen LogP contribution is -2.53. The second-order valence-corrected chi connectivity index (χ2v) is 4.74. The maximum atomic E-state index is 11.6. The molecule has 18 heavy (non-hydrogen) atoms. The third-order valence-electron chi connectivity index (χ3n) is 3.22. The van der Waals surface area contributed by atoms with Crippen molar-refractivity contribution in [2.75, 3.05) is 33.2 Å². The largest absolute Gasteiger partial charge is 0.389 e. The number of carbonyl (C=O) groups excluding carboxylic acids is 3. The monoisotopic (exact) mass is 255 g/mol. The van der Waals surface area contributed by atoms with E-state index in [2.05, 4.69) is 0 Å². The molecule has 0 aromatic carbocycles. The zero-order valence-corrected chi connectivity index (χ0v) is 10.3. The molecule has 100 valence electrons. The van der Waals surface area contributed by atoms with Crippen LogP contribution < -0.4 is 0 Å². The van der Waals surface area contributed by atoms with Gasteiger partial charge in [0.05, 0.1) is 6.10 Å². The molecule has 2 aliphatic heterocycles. The molecule has 7 nitrogen and oxygen atoms in total. The van der Waals surface area contributed by atoms with Crippen LogP contribution in [0.3, 0.4) is 0 Å². The summed E-state index contributed by atoms with van der Waals surface area (Å²) >= 11 is 0. The van der Waals surface area contributed by atoms with E-state index in [0.29, 0.717) is 25.9 Å². The van der Waals surface area contributed by atoms with Crippen molar-refractivity contribution in [3.05, 3.63) is 0 Å². The van der Waals surface area contributed by atoms with Crippen molar-refractivity contribution in [3.8, 4) is 0 Å². The Morgan fingerprint density at radius 2 is 2.06 bits per heavy atom. The number of carbonyl (C=O) groups is 3. The maximum Gasteiger partial charge on any atom is 0.326 e. The summed E-state index contributed by atoms with van der Waals surface area (Å²) < 4.78 is 0. The van der Waals surface area contributed by atoms with Crippen LogP contribution in [0.25, 0.3) is 0 Å². The van der Waals surface area contributed by atoms with Crippen LogP contribution in [0.1, 0.15) is 12.8 Å². The standard InChI is InChI=1S/C11H17N3O4/c1-12-7-10(17)14(11(12)18)4-2-3-9(16)13-5-8(15)6-13/h8,15H,2-7H2,1H3. The lowest BCUT2D eigenvalue weighted by molar-refractivity contribution is -0.141. The predicted molar refractivity (Wildman–Crippen MR) is 61.6 cm³/mol. The molecular weight excluding hydrogens is 238 g/mol. The first-order valence-corrected chi connectivity index (χ1v) is 6.00. The maximum absolute atomic E-state index is 11.6. The number of urea groups is 1. The molecule has 2 aliphatic rings. The van der Waals surface area contributed by atoms with Crippen molar-refractivity contribution in [1.29, 1.82) is 0 Å². The Kier molecular flexibility index (Phi) is 3.51. The van der Waals surface area contributed by atoms with Gasteiger partial charge < -0.3 is 14.9 Å². The van der Waals surface area contributed by atoms with Crippen molar-refractivity contribution in [2.45, 2.75) is 18.9 Å². The highest BCUT2D eigenvalue weighted by molar-refractivity contribution is 6.01. The summed E-state index contributed by atoms with van der Waals surface area (Å²) in [6, 6.07) is -0.299. The SMILES string of the molecule is CN1CC(=O)N(CCCC(=O)N2CC(O)C2)C1=O. The third kappa shape index (κ3) is 2.45. The van der Waals surface area contributed by atoms with Crippen LogP contribution in [0, 0.1) is 0 Å². The Balaban J connectivity index is 1.71. The van der Waals surface area contributed by atoms with E-state index in [4.69, 9.17) is 5.11 Å². The van der Waals surface area contributed by atoms with E-state index in [1.54, 1.807) is 11.9 Å². The van der Waals surface area contributed by atoms with Crippen LogP contribution in [0.4, 0.5) is 4.79 Å². The number of likely N-dealkylation sites (tertiary alicyclic amines) is 1. The van der Waals surface area contributed by atoms with Gasteiger partial charge in [0.15, 0.2) is 0 Å². The van der Waals surface area contributed by atoms with Gasteiger partial charge in [0.25, 0.3) is 0 Å². The third-order valence-corrected chi connectivity index (χ3v) is 3.22. The molecule has 2 fully saturated rings. The van der Waals surface area contributed by atoms with Gasteiger partial charge in [-0.3, -0.25) is 14.5 Å². The number of rotatable bonds is 4. The molecule has 2 heterocycles. The van der Waals surface area contributed by atoms with Crippen molar-refractivity contribution >= 4 is 17.8 Å². The number of imide groups is 1. The minimum absolute atomic E-state index is 0.0345.